The van der Waals surface area contributed by atoms with Gasteiger partial charge in [-0.3, -0.25) is 9.78 Å². The Hall–Kier alpha value is -1.39. The van der Waals surface area contributed by atoms with Gasteiger partial charge in [-0.15, -0.1) is 0 Å². The second kappa shape index (κ2) is 5.72. The molecule has 0 fully saturated rings. The molecule has 1 N–H and O–H groups in total. The average Bonchev–Trinajstić information content (AvgIpc) is 2.33. The van der Waals surface area contributed by atoms with Gasteiger partial charge in [0.05, 0.1) is 16.3 Å². The third-order valence-corrected chi connectivity index (χ3v) is 3.61. The summed E-state index contributed by atoms with van der Waals surface area (Å²) in [6.07, 6.45) is 1.48. The first-order chi connectivity index (χ1) is 8.97. The van der Waals surface area contributed by atoms with Crippen molar-refractivity contribution in [3.63, 3.8) is 0 Å². The first-order valence-electron chi connectivity index (χ1n) is 5.67. The van der Waals surface area contributed by atoms with Gasteiger partial charge in [0.2, 0.25) is 0 Å². The van der Waals surface area contributed by atoms with Crippen molar-refractivity contribution in [1.29, 1.82) is 0 Å². The summed E-state index contributed by atoms with van der Waals surface area (Å²) in [6, 6.07) is 7.40. The van der Waals surface area contributed by atoms with E-state index in [-0.39, 0.29) is 5.91 Å². The van der Waals surface area contributed by atoms with Crippen LogP contribution in [0.2, 0.25) is 5.02 Å². The molecule has 0 aliphatic rings. The number of carbonyl (C=O) groups excluding carboxylic acids is 1. The number of anilines is 1. The number of halogens is 2. The highest BCUT2D eigenvalue weighted by molar-refractivity contribution is 9.10. The maximum absolute atomic E-state index is 12.2. The molecule has 0 spiro atoms. The number of aromatic nitrogens is 1. The van der Waals surface area contributed by atoms with Gasteiger partial charge in [-0.05, 0) is 53.5 Å². The Labute approximate surface area is 125 Å². The van der Waals surface area contributed by atoms with E-state index in [4.69, 9.17) is 11.6 Å². The first kappa shape index (κ1) is 14.0. The van der Waals surface area contributed by atoms with Crippen LogP contribution in [0.25, 0.3) is 0 Å². The predicted octanol–water partition coefficient (Wildman–Crippen LogP) is 4.37. The standard InChI is InChI=1S/C14H12BrClN2O/c1-8-3-4-11(15)13(5-8)18-14(19)10-7-17-9(2)6-12(10)16/h3-7H,1-2H3,(H,18,19). The summed E-state index contributed by atoms with van der Waals surface area (Å²) in [4.78, 5) is 16.2. The molecule has 2 rings (SSSR count). The summed E-state index contributed by atoms with van der Waals surface area (Å²) < 4.78 is 0.822. The maximum Gasteiger partial charge on any atom is 0.258 e. The van der Waals surface area contributed by atoms with Crippen molar-refractivity contribution >= 4 is 39.1 Å². The largest absolute Gasteiger partial charge is 0.321 e. The SMILES string of the molecule is Cc1ccc(Br)c(NC(=O)c2cnc(C)cc2Cl)c1. The van der Waals surface area contributed by atoms with Gasteiger partial charge in [-0.2, -0.15) is 0 Å². The Morgan fingerprint density at radius 3 is 2.74 bits per heavy atom. The lowest BCUT2D eigenvalue weighted by molar-refractivity contribution is 0.102. The molecule has 1 heterocycles. The van der Waals surface area contributed by atoms with Crippen LogP contribution in [-0.4, -0.2) is 10.9 Å². The molecule has 0 saturated heterocycles. The van der Waals surface area contributed by atoms with Crippen LogP contribution in [0.1, 0.15) is 21.6 Å². The summed E-state index contributed by atoms with van der Waals surface area (Å²) in [7, 11) is 0. The van der Waals surface area contributed by atoms with E-state index in [1.54, 1.807) is 6.07 Å². The third-order valence-electron chi connectivity index (χ3n) is 2.60. The van der Waals surface area contributed by atoms with Crippen molar-refractivity contribution in [2.45, 2.75) is 13.8 Å². The number of hydrogen-bond donors (Lipinski definition) is 1. The maximum atomic E-state index is 12.2. The van der Waals surface area contributed by atoms with E-state index >= 15 is 0 Å². The van der Waals surface area contributed by atoms with E-state index in [9.17, 15) is 4.79 Å². The van der Waals surface area contributed by atoms with Crippen molar-refractivity contribution in [3.8, 4) is 0 Å². The summed E-state index contributed by atoms with van der Waals surface area (Å²) in [5.74, 6) is -0.274. The second-order valence-corrected chi connectivity index (χ2v) is 5.50. The molecule has 1 aromatic carbocycles. The van der Waals surface area contributed by atoms with Crippen molar-refractivity contribution in [3.05, 3.63) is 56.8 Å². The van der Waals surface area contributed by atoms with Crippen LogP contribution in [-0.2, 0) is 0 Å². The molecule has 3 nitrogen and oxygen atoms in total. The van der Waals surface area contributed by atoms with Crippen LogP contribution in [0.4, 0.5) is 5.69 Å². The number of aryl methyl sites for hydroxylation is 2. The van der Waals surface area contributed by atoms with Gasteiger partial charge in [-0.1, -0.05) is 17.7 Å². The fraction of sp³-hybridized carbons (Fsp3) is 0.143. The number of carbonyl (C=O) groups is 1. The Bertz CT molecular complexity index is 643. The zero-order valence-electron chi connectivity index (χ0n) is 10.5. The van der Waals surface area contributed by atoms with Crippen LogP contribution in [0, 0.1) is 13.8 Å². The number of hydrogen-bond acceptors (Lipinski definition) is 2. The fourth-order valence-electron chi connectivity index (χ4n) is 1.62. The minimum Gasteiger partial charge on any atom is -0.321 e. The van der Waals surface area contributed by atoms with E-state index < -0.39 is 0 Å². The van der Waals surface area contributed by atoms with Crippen LogP contribution < -0.4 is 5.32 Å². The molecule has 0 atom stereocenters. The molecule has 19 heavy (non-hydrogen) atoms. The molecule has 0 bridgehead atoms. The summed E-state index contributed by atoms with van der Waals surface area (Å²) in [5, 5.41) is 3.21. The molecule has 0 unspecified atom stereocenters. The first-order valence-corrected chi connectivity index (χ1v) is 6.84. The van der Waals surface area contributed by atoms with Crippen LogP contribution in [0.3, 0.4) is 0 Å². The number of pyridine rings is 1. The third kappa shape index (κ3) is 3.33. The van der Waals surface area contributed by atoms with Gasteiger partial charge in [0, 0.05) is 16.4 Å². The molecule has 2 aromatic rings. The van der Waals surface area contributed by atoms with Crippen molar-refractivity contribution in [2.75, 3.05) is 5.32 Å². The molecule has 0 aliphatic carbocycles. The molecule has 0 radical (unpaired) electrons. The quantitative estimate of drug-likeness (QED) is 0.883. The summed E-state index contributed by atoms with van der Waals surface area (Å²) in [6.45, 7) is 3.78. The van der Waals surface area contributed by atoms with E-state index in [0.29, 0.717) is 16.3 Å². The lowest BCUT2D eigenvalue weighted by Gasteiger charge is -2.09. The average molecular weight is 340 g/mol. The van der Waals surface area contributed by atoms with Gasteiger partial charge in [-0.25, -0.2) is 0 Å². The Morgan fingerprint density at radius 1 is 1.32 bits per heavy atom. The Balaban J connectivity index is 2.28. The van der Waals surface area contributed by atoms with Crippen molar-refractivity contribution in [2.24, 2.45) is 0 Å². The van der Waals surface area contributed by atoms with Gasteiger partial charge in [0.15, 0.2) is 0 Å². The van der Waals surface area contributed by atoms with Crippen LogP contribution in [0.5, 0.6) is 0 Å². The van der Waals surface area contributed by atoms with Crippen molar-refractivity contribution < 1.29 is 4.79 Å². The highest BCUT2D eigenvalue weighted by Gasteiger charge is 2.12. The van der Waals surface area contributed by atoms with Gasteiger partial charge >= 0.3 is 0 Å². The molecule has 98 valence electrons. The zero-order valence-corrected chi connectivity index (χ0v) is 12.8. The number of rotatable bonds is 2. The molecule has 0 saturated carbocycles. The van der Waals surface area contributed by atoms with E-state index in [2.05, 4.69) is 26.2 Å². The van der Waals surface area contributed by atoms with Crippen LogP contribution in [0.15, 0.2) is 34.9 Å². The fourth-order valence-corrected chi connectivity index (χ4v) is 2.26. The lowest BCUT2D eigenvalue weighted by atomic mass is 10.2. The minimum absolute atomic E-state index is 0.274. The second-order valence-electron chi connectivity index (χ2n) is 4.24. The number of amides is 1. The summed E-state index contributed by atoms with van der Waals surface area (Å²) in [5.41, 5.74) is 2.91. The molecule has 1 aromatic heterocycles. The highest BCUT2D eigenvalue weighted by atomic mass is 79.9. The minimum atomic E-state index is -0.274. The number of nitrogens with one attached hydrogen (secondary N) is 1. The molecular formula is C14H12BrClN2O. The lowest BCUT2D eigenvalue weighted by Crippen LogP contribution is -2.13. The van der Waals surface area contributed by atoms with E-state index in [1.807, 2.05) is 32.0 Å². The monoisotopic (exact) mass is 338 g/mol. The topological polar surface area (TPSA) is 42.0 Å². The molecule has 1 amide bonds. The highest BCUT2D eigenvalue weighted by Crippen LogP contribution is 2.25. The Morgan fingerprint density at radius 2 is 2.05 bits per heavy atom. The smallest absolute Gasteiger partial charge is 0.258 e. The molecule has 5 heteroatoms. The summed E-state index contributed by atoms with van der Waals surface area (Å²) >= 11 is 9.45. The van der Waals surface area contributed by atoms with Gasteiger partial charge < -0.3 is 5.32 Å². The van der Waals surface area contributed by atoms with Gasteiger partial charge in [0.1, 0.15) is 0 Å². The van der Waals surface area contributed by atoms with Gasteiger partial charge in [0.25, 0.3) is 5.91 Å². The molecular weight excluding hydrogens is 328 g/mol. The predicted molar refractivity (Wildman–Crippen MR) is 80.8 cm³/mol. The van der Waals surface area contributed by atoms with Crippen LogP contribution >= 0.6 is 27.5 Å². The Kier molecular flexibility index (Phi) is 4.22. The normalized spacial score (nSPS) is 10.3. The van der Waals surface area contributed by atoms with Crippen molar-refractivity contribution in [1.82, 2.24) is 4.98 Å². The zero-order chi connectivity index (χ0) is 14.0. The van der Waals surface area contributed by atoms with E-state index in [1.165, 1.54) is 6.20 Å². The van der Waals surface area contributed by atoms with E-state index in [0.717, 1.165) is 15.7 Å². The molecule has 0 aliphatic heterocycles. The number of nitrogens with zero attached hydrogens (tertiary/aromatic N) is 1. The number of benzene rings is 1.